The van der Waals surface area contributed by atoms with Gasteiger partial charge in [-0.05, 0) is 36.4 Å². The van der Waals surface area contributed by atoms with E-state index in [1.54, 1.807) is 24.3 Å². The van der Waals surface area contributed by atoms with Gasteiger partial charge in [-0.1, -0.05) is 12.1 Å². The number of ether oxygens (including phenoxy) is 3. The number of methoxy groups -OCH3 is 1. The Kier molecular flexibility index (Phi) is 6.05. The molecule has 9 heteroatoms. The smallest absolute Gasteiger partial charge is 0.387 e. The summed E-state index contributed by atoms with van der Waals surface area (Å²) in [6, 6.07) is 12.8. The number of hydrogen-bond donors (Lipinski definition) is 1. The van der Waals surface area contributed by atoms with Gasteiger partial charge in [-0.3, -0.25) is 4.79 Å². The summed E-state index contributed by atoms with van der Waals surface area (Å²) in [6.07, 6.45) is 1.34. The Bertz CT molecular complexity index is 945. The van der Waals surface area contributed by atoms with E-state index in [2.05, 4.69) is 15.0 Å². The fraction of sp³-hybridized carbons (Fsp3) is 0.158. The van der Waals surface area contributed by atoms with Crippen LogP contribution in [0.2, 0.25) is 0 Å². The van der Waals surface area contributed by atoms with Gasteiger partial charge < -0.3 is 23.9 Å². The van der Waals surface area contributed by atoms with Crippen LogP contribution >= 0.6 is 0 Å². The number of halogens is 2. The number of carbonyl (C=O) groups excluding carboxylic acids is 1. The van der Waals surface area contributed by atoms with Crippen LogP contribution in [0.25, 0.3) is 0 Å². The van der Waals surface area contributed by atoms with E-state index in [0.717, 1.165) is 0 Å². The molecule has 0 atom stereocenters. The number of amides is 1. The number of furan rings is 1. The third-order valence-corrected chi connectivity index (χ3v) is 3.54. The number of carbonyl (C=O) groups is 1. The number of aromatic nitrogens is 1. The highest BCUT2D eigenvalue weighted by Crippen LogP contribution is 2.27. The zero-order valence-electron chi connectivity index (χ0n) is 14.7. The van der Waals surface area contributed by atoms with E-state index < -0.39 is 12.5 Å². The lowest BCUT2D eigenvalue weighted by molar-refractivity contribution is -0.0495. The molecule has 3 aromatic rings. The van der Waals surface area contributed by atoms with Gasteiger partial charge in [-0.25, -0.2) is 4.98 Å². The minimum Gasteiger partial charge on any atom is -0.493 e. The van der Waals surface area contributed by atoms with E-state index in [9.17, 15) is 13.6 Å². The average molecular weight is 390 g/mol. The minimum atomic E-state index is -3.04. The van der Waals surface area contributed by atoms with Crippen molar-refractivity contribution in [3.63, 3.8) is 0 Å². The fourth-order valence-electron chi connectivity index (χ4n) is 2.31. The highest BCUT2D eigenvalue weighted by atomic mass is 19.3. The fourth-order valence-corrected chi connectivity index (χ4v) is 2.31. The molecule has 0 aliphatic carbocycles. The van der Waals surface area contributed by atoms with Crippen LogP contribution in [0.1, 0.15) is 16.3 Å². The Morgan fingerprint density at radius 1 is 1.11 bits per heavy atom. The van der Waals surface area contributed by atoms with E-state index >= 15 is 0 Å². The first-order valence-electron chi connectivity index (χ1n) is 8.12. The molecule has 2 aromatic heterocycles. The van der Waals surface area contributed by atoms with Crippen LogP contribution in [0.5, 0.6) is 17.2 Å². The molecule has 0 radical (unpaired) electrons. The Balaban J connectivity index is 1.65. The SMILES string of the molecule is COc1ccccc1OCc1ccc(C(=O)Nc2ncccc2OC(F)F)o1. The number of hydrogen-bond acceptors (Lipinski definition) is 6. The number of pyridine rings is 1. The summed E-state index contributed by atoms with van der Waals surface area (Å²) < 4.78 is 45.5. The summed E-state index contributed by atoms with van der Waals surface area (Å²) >= 11 is 0. The maximum absolute atomic E-state index is 12.4. The highest BCUT2D eigenvalue weighted by molar-refractivity contribution is 6.02. The molecule has 146 valence electrons. The van der Waals surface area contributed by atoms with E-state index in [-0.39, 0.29) is 23.9 Å². The summed E-state index contributed by atoms with van der Waals surface area (Å²) in [6.45, 7) is -2.97. The Hall–Kier alpha value is -3.62. The van der Waals surface area contributed by atoms with E-state index in [1.807, 2.05) is 6.07 Å². The molecule has 1 N–H and O–H groups in total. The maximum Gasteiger partial charge on any atom is 0.387 e. The molecule has 1 amide bonds. The number of rotatable bonds is 8. The first-order valence-corrected chi connectivity index (χ1v) is 8.12. The van der Waals surface area contributed by atoms with Gasteiger partial charge in [0.1, 0.15) is 12.4 Å². The summed E-state index contributed by atoms with van der Waals surface area (Å²) in [5.74, 6) is 0.381. The summed E-state index contributed by atoms with van der Waals surface area (Å²) in [5.41, 5.74) is 0. The lowest BCUT2D eigenvalue weighted by atomic mass is 10.3. The normalized spacial score (nSPS) is 10.6. The van der Waals surface area contributed by atoms with Crippen molar-refractivity contribution >= 4 is 11.7 Å². The topological polar surface area (TPSA) is 82.8 Å². The number of alkyl halides is 2. The number of nitrogens with zero attached hydrogens (tertiary/aromatic N) is 1. The maximum atomic E-state index is 12.4. The van der Waals surface area contributed by atoms with Crippen molar-refractivity contribution in [3.05, 3.63) is 66.2 Å². The Morgan fingerprint density at radius 2 is 1.86 bits per heavy atom. The van der Waals surface area contributed by atoms with Gasteiger partial charge in [0.15, 0.2) is 28.8 Å². The van der Waals surface area contributed by atoms with Crippen LogP contribution < -0.4 is 19.5 Å². The molecule has 7 nitrogen and oxygen atoms in total. The number of nitrogens with one attached hydrogen (secondary N) is 1. The summed E-state index contributed by atoms with van der Waals surface area (Å²) in [5, 5.41) is 2.37. The van der Waals surface area contributed by atoms with Gasteiger partial charge in [0.2, 0.25) is 0 Å². The van der Waals surface area contributed by atoms with Gasteiger partial charge in [-0.15, -0.1) is 0 Å². The standard InChI is InChI=1S/C19H16F2N2O5/c1-25-13-5-2-3-6-14(13)26-11-12-8-9-16(27-12)18(24)23-17-15(28-19(20)21)7-4-10-22-17/h2-10,19H,11H2,1H3,(H,22,23,24). The van der Waals surface area contributed by atoms with E-state index in [0.29, 0.717) is 17.3 Å². The van der Waals surface area contributed by atoms with Crippen molar-refractivity contribution in [1.29, 1.82) is 0 Å². The number of anilines is 1. The van der Waals surface area contributed by atoms with Gasteiger partial charge in [0, 0.05) is 6.20 Å². The molecule has 0 saturated carbocycles. The molecular formula is C19H16F2N2O5. The molecule has 0 bridgehead atoms. The third kappa shape index (κ3) is 4.76. The van der Waals surface area contributed by atoms with Crippen molar-refractivity contribution in [2.24, 2.45) is 0 Å². The second kappa shape index (κ2) is 8.85. The lowest BCUT2D eigenvalue weighted by Crippen LogP contribution is -2.14. The first-order chi connectivity index (χ1) is 13.6. The molecule has 28 heavy (non-hydrogen) atoms. The van der Waals surface area contributed by atoms with Crippen LogP contribution in [0, 0.1) is 0 Å². The van der Waals surface area contributed by atoms with Crippen LogP contribution in [-0.2, 0) is 6.61 Å². The lowest BCUT2D eigenvalue weighted by Gasteiger charge is -2.10. The summed E-state index contributed by atoms with van der Waals surface area (Å²) in [7, 11) is 1.53. The number of para-hydroxylation sites is 2. The predicted molar refractivity (Wildman–Crippen MR) is 94.9 cm³/mol. The van der Waals surface area contributed by atoms with Crippen molar-refractivity contribution < 1.29 is 32.2 Å². The largest absolute Gasteiger partial charge is 0.493 e. The first kappa shape index (κ1) is 19.2. The average Bonchev–Trinajstić information content (AvgIpc) is 3.17. The van der Waals surface area contributed by atoms with Crippen LogP contribution in [0.4, 0.5) is 14.6 Å². The third-order valence-electron chi connectivity index (χ3n) is 3.54. The molecule has 0 spiro atoms. The van der Waals surface area contributed by atoms with Crippen LogP contribution in [0.15, 0.2) is 59.1 Å². The number of benzene rings is 1. The molecular weight excluding hydrogens is 374 g/mol. The zero-order chi connectivity index (χ0) is 19.9. The molecule has 1 aromatic carbocycles. The molecule has 2 heterocycles. The van der Waals surface area contributed by atoms with E-state index in [1.165, 1.54) is 31.5 Å². The highest BCUT2D eigenvalue weighted by Gasteiger charge is 2.17. The minimum absolute atomic E-state index is 0.0349. The second-order valence-electron chi connectivity index (χ2n) is 5.39. The van der Waals surface area contributed by atoms with Crippen molar-refractivity contribution in [2.45, 2.75) is 13.2 Å². The molecule has 0 saturated heterocycles. The van der Waals surface area contributed by atoms with Gasteiger partial charge in [0.25, 0.3) is 5.91 Å². The molecule has 0 aliphatic rings. The zero-order valence-corrected chi connectivity index (χ0v) is 14.7. The van der Waals surface area contributed by atoms with Gasteiger partial charge in [0.05, 0.1) is 7.11 Å². The van der Waals surface area contributed by atoms with Crippen molar-refractivity contribution in [1.82, 2.24) is 4.98 Å². The second-order valence-corrected chi connectivity index (χ2v) is 5.39. The van der Waals surface area contributed by atoms with Crippen molar-refractivity contribution in [3.8, 4) is 17.2 Å². The molecule has 3 rings (SSSR count). The Morgan fingerprint density at radius 3 is 2.61 bits per heavy atom. The van der Waals surface area contributed by atoms with Gasteiger partial charge >= 0.3 is 6.61 Å². The Labute approximate surface area is 158 Å². The quantitative estimate of drug-likeness (QED) is 0.623. The molecule has 0 aliphatic heterocycles. The van der Waals surface area contributed by atoms with Crippen LogP contribution in [0.3, 0.4) is 0 Å². The van der Waals surface area contributed by atoms with E-state index in [4.69, 9.17) is 13.9 Å². The summed E-state index contributed by atoms with van der Waals surface area (Å²) in [4.78, 5) is 16.1. The molecule has 0 unspecified atom stereocenters. The monoisotopic (exact) mass is 390 g/mol. The molecule has 0 fully saturated rings. The van der Waals surface area contributed by atoms with Gasteiger partial charge in [-0.2, -0.15) is 8.78 Å². The van der Waals surface area contributed by atoms with Crippen molar-refractivity contribution in [2.75, 3.05) is 12.4 Å². The predicted octanol–water partition coefficient (Wildman–Crippen LogP) is 4.12. The van der Waals surface area contributed by atoms with Crippen LogP contribution in [-0.4, -0.2) is 24.6 Å².